The molecule has 2 atom stereocenters. The summed E-state index contributed by atoms with van der Waals surface area (Å²) >= 11 is 0. The topological polar surface area (TPSA) is 92.5 Å². The maximum absolute atomic E-state index is 12.8. The van der Waals surface area contributed by atoms with Crippen molar-refractivity contribution >= 4 is 34.0 Å². The van der Waals surface area contributed by atoms with Crippen LogP contribution in [0.2, 0.25) is 0 Å². The fourth-order valence-corrected chi connectivity index (χ4v) is 4.46. The van der Waals surface area contributed by atoms with Crippen LogP contribution in [0, 0.1) is 5.92 Å². The van der Waals surface area contributed by atoms with Crippen LogP contribution in [0.3, 0.4) is 0 Å². The van der Waals surface area contributed by atoms with Crippen molar-refractivity contribution in [1.29, 1.82) is 0 Å². The summed E-state index contributed by atoms with van der Waals surface area (Å²) in [6, 6.07) is 14.8. The lowest BCUT2D eigenvalue weighted by Crippen LogP contribution is -2.49. The number of benzene rings is 2. The summed E-state index contributed by atoms with van der Waals surface area (Å²) in [5, 5.41) is 0. The third-order valence-corrected chi connectivity index (χ3v) is 6.35. The number of anilines is 1. The summed E-state index contributed by atoms with van der Waals surface area (Å²) < 4.78 is 27.5. The van der Waals surface area contributed by atoms with Crippen LogP contribution in [0.15, 0.2) is 59.5 Å². The minimum Gasteiger partial charge on any atom is -0.334 e. The molecule has 0 radical (unpaired) electrons. The number of piperidine rings is 1. The van der Waals surface area contributed by atoms with Crippen LogP contribution in [-0.2, 0) is 10.0 Å². The molecule has 152 valence electrons. The number of hydrogen-bond acceptors (Lipinski definition) is 4. The Balaban J connectivity index is 0.00000280. The van der Waals surface area contributed by atoms with Crippen molar-refractivity contribution in [3.63, 3.8) is 0 Å². The lowest BCUT2D eigenvalue weighted by Gasteiger charge is -2.38. The molecular formula is C20H26ClN3O3S. The first-order valence-electron chi connectivity index (χ1n) is 9.09. The van der Waals surface area contributed by atoms with Crippen LogP contribution in [0.5, 0.6) is 0 Å². The zero-order valence-electron chi connectivity index (χ0n) is 15.7. The maximum atomic E-state index is 12.8. The van der Waals surface area contributed by atoms with Gasteiger partial charge in [-0.2, -0.15) is 0 Å². The monoisotopic (exact) mass is 423 g/mol. The van der Waals surface area contributed by atoms with Gasteiger partial charge in [0.2, 0.25) is 0 Å². The van der Waals surface area contributed by atoms with E-state index >= 15 is 0 Å². The maximum Gasteiger partial charge on any atom is 0.261 e. The molecule has 1 amide bonds. The smallest absolute Gasteiger partial charge is 0.261 e. The molecule has 1 aliphatic heterocycles. The average molecular weight is 424 g/mol. The number of carbonyl (C=O) groups is 1. The van der Waals surface area contributed by atoms with Gasteiger partial charge in [0.1, 0.15) is 0 Å². The first-order chi connectivity index (χ1) is 12.9. The molecule has 0 aliphatic carbocycles. The Morgan fingerprint density at radius 3 is 2.39 bits per heavy atom. The zero-order valence-corrected chi connectivity index (χ0v) is 17.4. The van der Waals surface area contributed by atoms with Gasteiger partial charge in [0, 0.05) is 30.4 Å². The highest BCUT2D eigenvalue weighted by Crippen LogP contribution is 2.24. The molecule has 1 heterocycles. The SMILES string of the molecule is CC1CCN(C(=O)c2ccc(S(=O)(=O)Nc3ccccc3)cc2)C(CN)C1.Cl. The van der Waals surface area contributed by atoms with Gasteiger partial charge in [0.25, 0.3) is 15.9 Å². The number of sulfonamides is 1. The van der Waals surface area contributed by atoms with E-state index in [-0.39, 0.29) is 29.3 Å². The minimum absolute atomic E-state index is 0. The summed E-state index contributed by atoms with van der Waals surface area (Å²) in [5.41, 5.74) is 6.81. The number of likely N-dealkylation sites (tertiary alicyclic amines) is 1. The average Bonchev–Trinajstić information content (AvgIpc) is 2.68. The third-order valence-electron chi connectivity index (χ3n) is 4.95. The second-order valence-corrected chi connectivity index (χ2v) is 8.70. The fourth-order valence-electron chi connectivity index (χ4n) is 3.41. The van der Waals surface area contributed by atoms with Gasteiger partial charge in [-0.3, -0.25) is 9.52 Å². The summed E-state index contributed by atoms with van der Waals surface area (Å²) in [4.78, 5) is 14.8. The molecule has 0 saturated carbocycles. The summed E-state index contributed by atoms with van der Waals surface area (Å²) in [7, 11) is -3.70. The molecule has 28 heavy (non-hydrogen) atoms. The van der Waals surface area contributed by atoms with Crippen LogP contribution < -0.4 is 10.5 Å². The molecule has 3 N–H and O–H groups in total. The molecule has 0 spiro atoms. The number of nitrogens with one attached hydrogen (secondary N) is 1. The largest absolute Gasteiger partial charge is 0.334 e. The standard InChI is InChI=1S/C20H25N3O3S.ClH/c1-15-11-12-23(18(13-15)14-21)20(24)16-7-9-19(10-8-16)27(25,26)22-17-5-3-2-4-6-17;/h2-10,15,18,22H,11-14,21H2,1H3;1H. The molecule has 1 aliphatic rings. The molecule has 2 aromatic carbocycles. The lowest BCUT2D eigenvalue weighted by molar-refractivity contribution is 0.0573. The zero-order chi connectivity index (χ0) is 19.4. The second kappa shape index (κ2) is 9.41. The van der Waals surface area contributed by atoms with Gasteiger partial charge in [0.05, 0.1) is 4.90 Å². The molecule has 1 fully saturated rings. The van der Waals surface area contributed by atoms with Crippen LogP contribution in [0.25, 0.3) is 0 Å². The fraction of sp³-hybridized carbons (Fsp3) is 0.350. The van der Waals surface area contributed by atoms with Gasteiger partial charge in [0.15, 0.2) is 0 Å². The summed E-state index contributed by atoms with van der Waals surface area (Å²) in [6.07, 6.45) is 1.85. The van der Waals surface area contributed by atoms with Gasteiger partial charge in [-0.1, -0.05) is 25.1 Å². The van der Waals surface area contributed by atoms with Crippen molar-refractivity contribution in [1.82, 2.24) is 4.90 Å². The number of halogens is 1. The van der Waals surface area contributed by atoms with Crippen LogP contribution in [-0.4, -0.2) is 38.4 Å². The molecule has 8 heteroatoms. The Labute approximate surface area is 172 Å². The predicted octanol–water partition coefficient (Wildman–Crippen LogP) is 3.11. The Morgan fingerprint density at radius 1 is 1.14 bits per heavy atom. The molecule has 3 rings (SSSR count). The molecule has 0 bridgehead atoms. The molecule has 2 unspecified atom stereocenters. The van der Waals surface area contributed by atoms with E-state index in [0.29, 0.717) is 30.3 Å². The van der Waals surface area contributed by atoms with Gasteiger partial charge >= 0.3 is 0 Å². The van der Waals surface area contributed by atoms with E-state index in [1.54, 1.807) is 36.4 Å². The quantitative estimate of drug-likeness (QED) is 0.772. The predicted molar refractivity (Wildman–Crippen MR) is 113 cm³/mol. The van der Waals surface area contributed by atoms with Crippen LogP contribution in [0.4, 0.5) is 5.69 Å². The minimum atomic E-state index is -3.70. The summed E-state index contributed by atoms with van der Waals surface area (Å²) in [6.45, 7) is 3.28. The van der Waals surface area contributed by atoms with Gasteiger partial charge < -0.3 is 10.6 Å². The molecule has 2 aromatic rings. The molecule has 0 aromatic heterocycles. The van der Waals surface area contributed by atoms with E-state index in [1.165, 1.54) is 12.1 Å². The van der Waals surface area contributed by atoms with E-state index in [4.69, 9.17) is 5.73 Å². The van der Waals surface area contributed by atoms with Crippen molar-refractivity contribution in [2.24, 2.45) is 11.7 Å². The second-order valence-electron chi connectivity index (χ2n) is 7.01. The number of carbonyl (C=O) groups excluding carboxylic acids is 1. The summed E-state index contributed by atoms with van der Waals surface area (Å²) in [5.74, 6) is 0.455. The molecule has 1 saturated heterocycles. The van der Waals surface area contributed by atoms with E-state index in [1.807, 2.05) is 11.0 Å². The molecule has 6 nitrogen and oxygen atoms in total. The van der Waals surface area contributed by atoms with E-state index in [9.17, 15) is 13.2 Å². The van der Waals surface area contributed by atoms with Gasteiger partial charge in [-0.05, 0) is 55.2 Å². The number of para-hydroxylation sites is 1. The van der Waals surface area contributed by atoms with Crippen molar-refractivity contribution in [2.45, 2.75) is 30.7 Å². The Bertz CT molecular complexity index is 889. The van der Waals surface area contributed by atoms with E-state index in [0.717, 1.165) is 12.8 Å². The Hall–Kier alpha value is -2.09. The number of amides is 1. The van der Waals surface area contributed by atoms with Gasteiger partial charge in [-0.25, -0.2) is 8.42 Å². The highest BCUT2D eigenvalue weighted by Gasteiger charge is 2.29. The number of nitrogens with two attached hydrogens (primary N) is 1. The molecular weight excluding hydrogens is 398 g/mol. The normalized spacial score (nSPS) is 19.6. The Morgan fingerprint density at radius 2 is 1.79 bits per heavy atom. The number of nitrogens with zero attached hydrogens (tertiary/aromatic N) is 1. The third kappa shape index (κ3) is 5.04. The van der Waals surface area contributed by atoms with E-state index in [2.05, 4.69) is 11.6 Å². The lowest BCUT2D eigenvalue weighted by atomic mass is 9.92. The van der Waals surface area contributed by atoms with Crippen LogP contribution in [0.1, 0.15) is 30.1 Å². The highest BCUT2D eigenvalue weighted by atomic mass is 35.5. The van der Waals surface area contributed by atoms with Crippen molar-refractivity contribution in [2.75, 3.05) is 17.8 Å². The van der Waals surface area contributed by atoms with Crippen molar-refractivity contribution < 1.29 is 13.2 Å². The van der Waals surface area contributed by atoms with Crippen molar-refractivity contribution in [3.8, 4) is 0 Å². The van der Waals surface area contributed by atoms with Gasteiger partial charge in [-0.15, -0.1) is 12.4 Å². The first kappa shape index (κ1) is 22.2. The number of rotatable bonds is 5. The highest BCUT2D eigenvalue weighted by molar-refractivity contribution is 7.92. The van der Waals surface area contributed by atoms with Crippen LogP contribution >= 0.6 is 12.4 Å². The van der Waals surface area contributed by atoms with E-state index < -0.39 is 10.0 Å². The number of hydrogen-bond donors (Lipinski definition) is 2. The van der Waals surface area contributed by atoms with Crippen molar-refractivity contribution in [3.05, 3.63) is 60.2 Å². The Kier molecular flexibility index (Phi) is 7.46. The first-order valence-corrected chi connectivity index (χ1v) is 10.6.